The number of hydrogen-bond donors (Lipinski definition) is 1. The number of ether oxygens (including phenoxy) is 1. The minimum atomic E-state index is -4.70. The van der Waals surface area contributed by atoms with Crippen LogP contribution >= 0.6 is 15.9 Å². The number of anilines is 1. The zero-order chi connectivity index (χ0) is 14.6. The van der Waals surface area contributed by atoms with E-state index in [2.05, 4.69) is 36.0 Å². The van der Waals surface area contributed by atoms with Gasteiger partial charge < -0.3 is 10.1 Å². The van der Waals surface area contributed by atoms with Gasteiger partial charge in [0.2, 0.25) is 0 Å². The fourth-order valence-electron chi connectivity index (χ4n) is 1.46. The van der Waals surface area contributed by atoms with E-state index in [0.29, 0.717) is 6.54 Å². The van der Waals surface area contributed by atoms with Crippen molar-refractivity contribution in [1.29, 1.82) is 0 Å². The Labute approximate surface area is 121 Å². The molecule has 0 spiro atoms. The summed E-state index contributed by atoms with van der Waals surface area (Å²) in [5.74, 6) is -0.274. The Kier molecular flexibility index (Phi) is 4.43. The molecule has 4 nitrogen and oxygen atoms in total. The third kappa shape index (κ3) is 4.37. The topological polar surface area (TPSA) is 47.0 Å². The van der Waals surface area contributed by atoms with E-state index in [4.69, 9.17) is 0 Å². The second-order valence-corrected chi connectivity index (χ2v) is 4.65. The third-order valence-electron chi connectivity index (χ3n) is 2.28. The van der Waals surface area contributed by atoms with Gasteiger partial charge in [-0.05, 0) is 33.6 Å². The number of aromatic nitrogens is 2. The Hall–Kier alpha value is -1.83. The molecule has 0 bridgehead atoms. The molecule has 20 heavy (non-hydrogen) atoms. The van der Waals surface area contributed by atoms with Gasteiger partial charge in [0, 0.05) is 6.54 Å². The number of halogens is 4. The van der Waals surface area contributed by atoms with E-state index >= 15 is 0 Å². The predicted octanol–water partition coefficient (Wildman–Crippen LogP) is 3.75. The molecule has 0 saturated heterocycles. The third-order valence-corrected chi connectivity index (χ3v) is 2.90. The first-order valence-electron chi connectivity index (χ1n) is 5.47. The smallest absolute Gasteiger partial charge is 0.405 e. The Morgan fingerprint density at radius 3 is 2.50 bits per heavy atom. The molecule has 0 atom stereocenters. The van der Waals surface area contributed by atoms with Crippen molar-refractivity contribution < 1.29 is 17.9 Å². The summed E-state index contributed by atoms with van der Waals surface area (Å²) in [4.78, 5) is 7.68. The minimum absolute atomic E-state index is 0.235. The van der Waals surface area contributed by atoms with Crippen molar-refractivity contribution in [3.8, 4) is 5.75 Å². The monoisotopic (exact) mass is 347 g/mol. The lowest BCUT2D eigenvalue weighted by atomic mass is 10.2. The molecule has 0 unspecified atom stereocenters. The second kappa shape index (κ2) is 6.08. The van der Waals surface area contributed by atoms with Crippen molar-refractivity contribution in [3.05, 3.63) is 47.0 Å². The second-order valence-electron chi connectivity index (χ2n) is 3.79. The Bertz CT molecular complexity index is 578. The predicted molar refractivity (Wildman–Crippen MR) is 70.2 cm³/mol. The van der Waals surface area contributed by atoms with E-state index in [1.165, 1.54) is 12.4 Å². The number of hydrogen-bond acceptors (Lipinski definition) is 4. The molecule has 0 fully saturated rings. The molecule has 2 rings (SSSR count). The highest BCUT2D eigenvalue weighted by atomic mass is 79.9. The van der Waals surface area contributed by atoms with E-state index in [0.717, 1.165) is 11.3 Å². The summed E-state index contributed by atoms with van der Waals surface area (Å²) < 4.78 is 40.5. The van der Waals surface area contributed by atoms with Crippen LogP contribution in [0.3, 0.4) is 0 Å². The summed E-state index contributed by atoms with van der Waals surface area (Å²) in [5.41, 5.74) is 1.51. The zero-order valence-electron chi connectivity index (χ0n) is 9.99. The van der Waals surface area contributed by atoms with E-state index < -0.39 is 6.36 Å². The molecule has 0 radical (unpaired) electrons. The van der Waals surface area contributed by atoms with Crippen molar-refractivity contribution in [1.82, 2.24) is 9.97 Å². The molecule has 0 aliphatic rings. The summed E-state index contributed by atoms with van der Waals surface area (Å²) >= 11 is 3.05. The van der Waals surface area contributed by atoms with Crippen molar-refractivity contribution in [2.75, 3.05) is 5.32 Å². The molecule has 1 aromatic carbocycles. The first-order valence-corrected chi connectivity index (χ1v) is 6.26. The molecule has 0 saturated carbocycles. The van der Waals surface area contributed by atoms with Crippen LogP contribution in [-0.4, -0.2) is 16.3 Å². The molecule has 2 aromatic rings. The van der Waals surface area contributed by atoms with Gasteiger partial charge in [-0.2, -0.15) is 0 Å². The molecule has 106 valence electrons. The van der Waals surface area contributed by atoms with Crippen molar-refractivity contribution in [3.63, 3.8) is 0 Å². The molecule has 1 heterocycles. The lowest BCUT2D eigenvalue weighted by Gasteiger charge is -2.12. The summed E-state index contributed by atoms with van der Waals surface area (Å²) in [5, 5.41) is 3.05. The molecule has 1 N–H and O–H groups in total. The van der Waals surface area contributed by atoms with Crippen LogP contribution in [-0.2, 0) is 6.54 Å². The highest BCUT2D eigenvalue weighted by Crippen LogP contribution is 2.31. The van der Waals surface area contributed by atoms with Crippen molar-refractivity contribution in [2.45, 2.75) is 12.9 Å². The zero-order valence-corrected chi connectivity index (χ0v) is 11.6. The van der Waals surface area contributed by atoms with Crippen LogP contribution in [0.5, 0.6) is 5.75 Å². The molecule has 0 aliphatic heterocycles. The van der Waals surface area contributed by atoms with Gasteiger partial charge >= 0.3 is 6.36 Å². The number of benzene rings is 1. The van der Waals surface area contributed by atoms with Crippen LogP contribution in [0.4, 0.5) is 18.9 Å². The first kappa shape index (κ1) is 14.6. The van der Waals surface area contributed by atoms with Gasteiger partial charge in [0.15, 0.2) is 0 Å². The molecular weight excluding hydrogens is 339 g/mol. The Balaban J connectivity index is 2.02. The van der Waals surface area contributed by atoms with Gasteiger partial charge in [-0.25, -0.2) is 9.97 Å². The SMILES string of the molecule is FC(F)(F)Oc1ccc(CNc2cncnc2)cc1Br. The van der Waals surface area contributed by atoms with Gasteiger partial charge in [-0.1, -0.05) is 6.07 Å². The number of nitrogens with zero attached hydrogens (tertiary/aromatic N) is 2. The van der Waals surface area contributed by atoms with Gasteiger partial charge in [0.1, 0.15) is 12.1 Å². The van der Waals surface area contributed by atoms with Crippen LogP contribution in [0.2, 0.25) is 0 Å². The standard InChI is InChI=1S/C12H9BrF3N3O/c13-10-3-8(1-2-11(10)20-12(14,15)16)4-19-9-5-17-7-18-6-9/h1-3,5-7,19H,4H2. The van der Waals surface area contributed by atoms with Crippen LogP contribution in [0, 0.1) is 0 Å². The van der Waals surface area contributed by atoms with Gasteiger partial charge in [0.25, 0.3) is 0 Å². The first-order chi connectivity index (χ1) is 9.44. The Morgan fingerprint density at radius 1 is 1.20 bits per heavy atom. The van der Waals surface area contributed by atoms with Gasteiger partial charge in [0.05, 0.1) is 22.6 Å². The molecule has 8 heteroatoms. The normalized spacial score (nSPS) is 11.2. The van der Waals surface area contributed by atoms with Gasteiger partial charge in [-0.3, -0.25) is 0 Å². The summed E-state index contributed by atoms with van der Waals surface area (Å²) in [6, 6.07) is 4.36. The summed E-state index contributed by atoms with van der Waals surface area (Å²) in [7, 11) is 0. The molecule has 0 amide bonds. The van der Waals surface area contributed by atoms with Crippen LogP contribution in [0.1, 0.15) is 5.56 Å². The maximum absolute atomic E-state index is 12.1. The fraction of sp³-hybridized carbons (Fsp3) is 0.167. The van der Waals surface area contributed by atoms with E-state index in [1.807, 2.05) is 0 Å². The largest absolute Gasteiger partial charge is 0.573 e. The molecular formula is C12H9BrF3N3O. The average molecular weight is 348 g/mol. The van der Waals surface area contributed by atoms with Crippen LogP contribution < -0.4 is 10.1 Å². The lowest BCUT2D eigenvalue weighted by molar-refractivity contribution is -0.274. The number of nitrogens with one attached hydrogen (secondary N) is 1. The maximum atomic E-state index is 12.1. The summed E-state index contributed by atoms with van der Waals surface area (Å²) in [6.45, 7) is 0.429. The van der Waals surface area contributed by atoms with Crippen LogP contribution in [0.25, 0.3) is 0 Å². The van der Waals surface area contributed by atoms with E-state index in [-0.39, 0.29) is 10.2 Å². The van der Waals surface area contributed by atoms with E-state index in [9.17, 15) is 13.2 Å². The maximum Gasteiger partial charge on any atom is 0.573 e. The minimum Gasteiger partial charge on any atom is -0.405 e. The highest BCUT2D eigenvalue weighted by molar-refractivity contribution is 9.10. The highest BCUT2D eigenvalue weighted by Gasteiger charge is 2.31. The Morgan fingerprint density at radius 2 is 1.90 bits per heavy atom. The molecule has 0 aliphatic carbocycles. The van der Waals surface area contributed by atoms with Crippen molar-refractivity contribution >= 4 is 21.6 Å². The number of rotatable bonds is 4. The fourth-order valence-corrected chi connectivity index (χ4v) is 1.96. The average Bonchev–Trinajstić information content (AvgIpc) is 2.39. The quantitative estimate of drug-likeness (QED) is 0.914. The molecule has 1 aromatic heterocycles. The van der Waals surface area contributed by atoms with Gasteiger partial charge in [-0.15, -0.1) is 13.2 Å². The van der Waals surface area contributed by atoms with Crippen LogP contribution in [0.15, 0.2) is 41.4 Å². The van der Waals surface area contributed by atoms with Crippen molar-refractivity contribution in [2.24, 2.45) is 0 Å². The van der Waals surface area contributed by atoms with E-state index in [1.54, 1.807) is 24.5 Å². The lowest BCUT2D eigenvalue weighted by Crippen LogP contribution is -2.17. The number of alkyl halides is 3. The summed E-state index contributed by atoms with van der Waals surface area (Å²) in [6.07, 6.45) is -0.0962.